The number of amides is 1. The van der Waals surface area contributed by atoms with Crippen LogP contribution in [0.5, 0.6) is 5.75 Å². The van der Waals surface area contributed by atoms with Crippen molar-refractivity contribution in [3.8, 4) is 11.8 Å². The number of methoxy groups -OCH3 is 1. The Labute approximate surface area is 136 Å². The van der Waals surface area contributed by atoms with Crippen LogP contribution in [0.3, 0.4) is 0 Å². The number of ketones is 1. The number of ether oxygens (including phenoxy) is 1. The van der Waals surface area contributed by atoms with Gasteiger partial charge >= 0.3 is 0 Å². The summed E-state index contributed by atoms with van der Waals surface area (Å²) >= 11 is 7.29. The molecule has 0 saturated heterocycles. The molecule has 1 atom stereocenters. The van der Waals surface area contributed by atoms with Gasteiger partial charge in [0, 0.05) is 16.6 Å². The van der Waals surface area contributed by atoms with E-state index < -0.39 is 17.6 Å². The lowest BCUT2D eigenvalue weighted by Crippen LogP contribution is -2.28. The number of halogens is 1. The summed E-state index contributed by atoms with van der Waals surface area (Å²) in [5.74, 6) is -2.16. The van der Waals surface area contributed by atoms with Crippen molar-refractivity contribution in [2.75, 3.05) is 12.4 Å². The van der Waals surface area contributed by atoms with E-state index in [1.165, 1.54) is 24.5 Å². The smallest absolute Gasteiger partial charge is 0.249 e. The summed E-state index contributed by atoms with van der Waals surface area (Å²) in [7, 11) is 1.48. The molecule has 1 heterocycles. The highest BCUT2D eigenvalue weighted by Gasteiger charge is 2.28. The van der Waals surface area contributed by atoms with E-state index in [9.17, 15) is 9.59 Å². The number of Topliss-reactive ketones (excluding diaryl/α,β-unsaturated/α-hetero) is 1. The quantitative estimate of drug-likeness (QED) is 0.671. The van der Waals surface area contributed by atoms with Crippen LogP contribution in [0.15, 0.2) is 35.0 Å². The molecule has 0 aliphatic heterocycles. The van der Waals surface area contributed by atoms with Gasteiger partial charge in [0.2, 0.25) is 5.91 Å². The van der Waals surface area contributed by atoms with E-state index in [1.807, 2.05) is 0 Å². The van der Waals surface area contributed by atoms with Crippen molar-refractivity contribution in [2.45, 2.75) is 0 Å². The van der Waals surface area contributed by atoms with Gasteiger partial charge in [-0.25, -0.2) is 0 Å². The van der Waals surface area contributed by atoms with Crippen LogP contribution in [0.1, 0.15) is 10.4 Å². The van der Waals surface area contributed by atoms with Gasteiger partial charge in [-0.3, -0.25) is 9.59 Å². The van der Waals surface area contributed by atoms with Gasteiger partial charge in [-0.15, -0.1) is 0 Å². The highest BCUT2D eigenvalue weighted by molar-refractivity contribution is 7.08. The van der Waals surface area contributed by atoms with Crippen LogP contribution in [0.2, 0.25) is 5.02 Å². The Balaban J connectivity index is 2.15. The number of rotatable bonds is 5. The molecule has 2 aromatic rings. The minimum absolute atomic E-state index is 0.318. The first-order valence-corrected chi connectivity index (χ1v) is 7.49. The van der Waals surface area contributed by atoms with Gasteiger partial charge in [0.1, 0.15) is 5.75 Å². The number of carbonyl (C=O) groups is 2. The summed E-state index contributed by atoms with van der Waals surface area (Å²) in [4.78, 5) is 24.2. The number of nitriles is 1. The Hall–Kier alpha value is -2.36. The van der Waals surface area contributed by atoms with Gasteiger partial charge in [0.15, 0.2) is 11.7 Å². The van der Waals surface area contributed by atoms with Crippen molar-refractivity contribution >= 4 is 40.3 Å². The number of carbonyl (C=O) groups excluding carboxylic acids is 2. The molecule has 0 bridgehead atoms. The molecule has 0 radical (unpaired) electrons. The van der Waals surface area contributed by atoms with Crippen molar-refractivity contribution in [1.29, 1.82) is 5.26 Å². The monoisotopic (exact) mass is 334 g/mol. The topological polar surface area (TPSA) is 79.2 Å². The standard InChI is InChI=1S/C15H11ClN2O3S/c1-21-13-3-2-10(6-12(13)16)18-15(20)11(7-17)14(19)9-4-5-22-8-9/h2-6,8,11H,1H3,(H,18,20)/t11-/m0/s1. The number of anilines is 1. The summed E-state index contributed by atoms with van der Waals surface area (Å²) in [5.41, 5.74) is 0.730. The van der Waals surface area contributed by atoms with Crippen LogP contribution in [-0.4, -0.2) is 18.8 Å². The summed E-state index contributed by atoms with van der Waals surface area (Å²) in [6.07, 6.45) is 0. The Morgan fingerprint density at radius 2 is 2.18 bits per heavy atom. The molecule has 22 heavy (non-hydrogen) atoms. The molecule has 2 rings (SSSR count). The van der Waals surface area contributed by atoms with E-state index in [2.05, 4.69) is 5.32 Å². The summed E-state index contributed by atoms with van der Waals surface area (Å²) in [6, 6.07) is 7.96. The lowest BCUT2D eigenvalue weighted by Gasteiger charge is -2.10. The fraction of sp³-hybridized carbons (Fsp3) is 0.133. The minimum atomic E-state index is -1.41. The largest absolute Gasteiger partial charge is 0.495 e. The maximum Gasteiger partial charge on any atom is 0.249 e. The van der Waals surface area contributed by atoms with Crippen molar-refractivity contribution in [1.82, 2.24) is 0 Å². The number of thiophene rings is 1. The zero-order chi connectivity index (χ0) is 16.1. The van der Waals surface area contributed by atoms with Crippen LogP contribution in [0, 0.1) is 17.2 Å². The fourth-order valence-corrected chi connectivity index (χ4v) is 2.67. The van der Waals surface area contributed by atoms with Crippen LogP contribution in [0.25, 0.3) is 0 Å². The molecule has 0 unspecified atom stereocenters. The van der Waals surface area contributed by atoms with Crippen LogP contribution in [-0.2, 0) is 4.79 Å². The van der Waals surface area contributed by atoms with Crippen molar-refractivity contribution in [3.05, 3.63) is 45.6 Å². The summed E-state index contributed by atoms with van der Waals surface area (Å²) < 4.78 is 5.01. The molecule has 5 nitrogen and oxygen atoms in total. The van der Waals surface area contributed by atoms with E-state index in [1.54, 1.807) is 35.0 Å². The molecule has 1 aromatic heterocycles. The van der Waals surface area contributed by atoms with Gasteiger partial charge in [0.05, 0.1) is 18.2 Å². The molecule has 112 valence electrons. The maximum absolute atomic E-state index is 12.1. The average Bonchev–Trinajstić information content (AvgIpc) is 3.02. The van der Waals surface area contributed by atoms with E-state index in [0.717, 1.165) is 0 Å². The molecule has 1 N–H and O–H groups in total. The number of benzene rings is 1. The number of nitrogens with zero attached hydrogens (tertiary/aromatic N) is 1. The molecule has 7 heteroatoms. The molecule has 1 aromatic carbocycles. The molecule has 0 fully saturated rings. The second-order valence-electron chi connectivity index (χ2n) is 4.28. The molecular formula is C15H11ClN2O3S. The van der Waals surface area contributed by atoms with E-state index in [4.69, 9.17) is 21.6 Å². The predicted molar refractivity (Wildman–Crippen MR) is 84.4 cm³/mol. The lowest BCUT2D eigenvalue weighted by molar-refractivity contribution is -0.117. The second-order valence-corrected chi connectivity index (χ2v) is 5.46. The van der Waals surface area contributed by atoms with E-state index in [-0.39, 0.29) is 0 Å². The zero-order valence-corrected chi connectivity index (χ0v) is 13.1. The van der Waals surface area contributed by atoms with Crippen LogP contribution in [0.4, 0.5) is 5.69 Å². The Morgan fingerprint density at radius 1 is 1.41 bits per heavy atom. The number of nitrogens with one attached hydrogen (secondary N) is 1. The molecule has 0 spiro atoms. The Kier molecular flexibility index (Phi) is 5.15. The lowest BCUT2D eigenvalue weighted by atomic mass is 10.0. The third-order valence-electron chi connectivity index (χ3n) is 2.88. The summed E-state index contributed by atoms with van der Waals surface area (Å²) in [5, 5.41) is 15.2. The third-order valence-corrected chi connectivity index (χ3v) is 3.86. The maximum atomic E-state index is 12.1. The van der Waals surface area contributed by atoms with Gasteiger partial charge in [-0.1, -0.05) is 11.6 Å². The Bertz CT molecular complexity index is 738. The first kappa shape index (κ1) is 16.0. The van der Waals surface area contributed by atoms with Crippen molar-refractivity contribution in [3.63, 3.8) is 0 Å². The molecule has 0 aliphatic carbocycles. The first-order chi connectivity index (χ1) is 10.6. The highest BCUT2D eigenvalue weighted by Crippen LogP contribution is 2.27. The minimum Gasteiger partial charge on any atom is -0.495 e. The van der Waals surface area contributed by atoms with Crippen LogP contribution < -0.4 is 10.1 Å². The highest BCUT2D eigenvalue weighted by atomic mass is 35.5. The fourth-order valence-electron chi connectivity index (χ4n) is 1.77. The van der Waals surface area contributed by atoms with Crippen molar-refractivity contribution < 1.29 is 14.3 Å². The van der Waals surface area contributed by atoms with E-state index >= 15 is 0 Å². The predicted octanol–water partition coefficient (Wildman–Crippen LogP) is 3.37. The third kappa shape index (κ3) is 3.45. The normalized spacial score (nSPS) is 11.3. The number of hydrogen-bond acceptors (Lipinski definition) is 5. The zero-order valence-electron chi connectivity index (χ0n) is 11.5. The summed E-state index contributed by atoms with van der Waals surface area (Å²) in [6.45, 7) is 0. The van der Waals surface area contributed by atoms with Crippen LogP contribution >= 0.6 is 22.9 Å². The van der Waals surface area contributed by atoms with Gasteiger partial charge in [-0.05, 0) is 29.6 Å². The van der Waals surface area contributed by atoms with Gasteiger partial charge in [0.25, 0.3) is 0 Å². The number of hydrogen-bond donors (Lipinski definition) is 1. The van der Waals surface area contributed by atoms with Gasteiger partial charge < -0.3 is 10.1 Å². The molecule has 0 aliphatic rings. The van der Waals surface area contributed by atoms with E-state index in [0.29, 0.717) is 22.0 Å². The second kappa shape index (κ2) is 7.07. The molecular weight excluding hydrogens is 324 g/mol. The van der Waals surface area contributed by atoms with Gasteiger partial charge in [-0.2, -0.15) is 16.6 Å². The Morgan fingerprint density at radius 3 is 2.73 bits per heavy atom. The SMILES string of the molecule is COc1ccc(NC(=O)[C@@H](C#N)C(=O)c2ccsc2)cc1Cl. The molecule has 1 amide bonds. The average molecular weight is 335 g/mol. The molecule has 0 saturated carbocycles. The first-order valence-electron chi connectivity index (χ1n) is 6.17. The van der Waals surface area contributed by atoms with Crippen molar-refractivity contribution in [2.24, 2.45) is 5.92 Å².